The lowest BCUT2D eigenvalue weighted by Gasteiger charge is -2.13. The normalized spacial score (nSPS) is 11.9. The summed E-state index contributed by atoms with van der Waals surface area (Å²) < 4.78 is 38.6. The molecule has 1 N–H and O–H groups in total. The standard InChI is InChI=1S/C21H23F3N2O2.C2H5NO/c1-5-16-8-7-11-19(15(3)25-27-4)20(16)13-28-26-14(2)17-9-6-10-18(12-17)21(22,23)24;1-3-2-4/h6-12H,5,13H2,1-4H3;2H,1H3,(H,3,4)/b25-15-,26-14+;. The Morgan fingerprint density at radius 3 is 2.31 bits per heavy atom. The van der Waals surface area contributed by atoms with E-state index in [2.05, 4.69) is 15.6 Å². The van der Waals surface area contributed by atoms with Crippen LogP contribution in [0.3, 0.4) is 0 Å². The maximum atomic E-state index is 12.9. The molecule has 0 aliphatic rings. The Labute approximate surface area is 186 Å². The largest absolute Gasteiger partial charge is 0.416 e. The third-order valence-corrected chi connectivity index (χ3v) is 4.41. The fourth-order valence-corrected chi connectivity index (χ4v) is 2.83. The molecule has 0 aliphatic heterocycles. The van der Waals surface area contributed by atoms with Crippen molar-refractivity contribution >= 4 is 17.8 Å². The van der Waals surface area contributed by atoms with Crippen LogP contribution in [0, 0.1) is 0 Å². The van der Waals surface area contributed by atoms with Crippen LogP contribution in [0.5, 0.6) is 0 Å². The van der Waals surface area contributed by atoms with E-state index in [0.717, 1.165) is 35.2 Å². The van der Waals surface area contributed by atoms with Crippen molar-refractivity contribution in [2.75, 3.05) is 14.2 Å². The van der Waals surface area contributed by atoms with Crippen LogP contribution in [0.1, 0.15) is 48.6 Å². The molecule has 9 heteroatoms. The number of aryl methyl sites for hydroxylation is 1. The van der Waals surface area contributed by atoms with Crippen LogP contribution >= 0.6 is 0 Å². The van der Waals surface area contributed by atoms with Gasteiger partial charge in [0.2, 0.25) is 6.41 Å². The fourth-order valence-electron chi connectivity index (χ4n) is 2.83. The Balaban J connectivity index is 0.00000118. The summed E-state index contributed by atoms with van der Waals surface area (Å²) in [6.45, 7) is 5.65. The molecular formula is C23H28F3N3O3. The Morgan fingerprint density at radius 1 is 1.09 bits per heavy atom. The highest BCUT2D eigenvalue weighted by Crippen LogP contribution is 2.29. The Kier molecular flexibility index (Phi) is 11.0. The SMILES string of the molecule is CCc1cccc(/C(C)=N\OC)c1CO/N=C(\C)c1cccc(C(F)(F)F)c1.CNC=O. The lowest BCUT2D eigenvalue weighted by atomic mass is 9.97. The minimum atomic E-state index is -4.40. The Hall–Kier alpha value is -3.36. The van der Waals surface area contributed by atoms with Crippen molar-refractivity contribution in [1.82, 2.24) is 5.32 Å². The second-order valence-corrected chi connectivity index (χ2v) is 6.59. The molecule has 0 aliphatic carbocycles. The summed E-state index contributed by atoms with van der Waals surface area (Å²) in [5.74, 6) is 0. The number of rotatable bonds is 8. The molecule has 0 bridgehead atoms. The Morgan fingerprint density at radius 2 is 1.75 bits per heavy atom. The molecule has 32 heavy (non-hydrogen) atoms. The van der Waals surface area contributed by atoms with E-state index in [1.807, 2.05) is 32.0 Å². The second-order valence-electron chi connectivity index (χ2n) is 6.59. The average molecular weight is 451 g/mol. The molecule has 2 aromatic rings. The van der Waals surface area contributed by atoms with E-state index in [9.17, 15) is 13.2 Å². The molecule has 0 spiro atoms. The molecule has 0 saturated heterocycles. The molecule has 0 unspecified atom stereocenters. The predicted octanol–water partition coefficient (Wildman–Crippen LogP) is 4.94. The first-order valence-corrected chi connectivity index (χ1v) is 9.83. The first kappa shape index (κ1) is 26.7. The molecule has 2 rings (SSSR count). The zero-order valence-corrected chi connectivity index (χ0v) is 18.8. The number of halogens is 3. The Bertz CT molecular complexity index is 942. The third-order valence-electron chi connectivity index (χ3n) is 4.41. The van der Waals surface area contributed by atoms with E-state index >= 15 is 0 Å². The van der Waals surface area contributed by atoms with Crippen molar-refractivity contribution < 1.29 is 27.6 Å². The van der Waals surface area contributed by atoms with E-state index < -0.39 is 11.7 Å². The van der Waals surface area contributed by atoms with Gasteiger partial charge in [-0.05, 0) is 43.5 Å². The number of nitrogens with one attached hydrogen (secondary N) is 1. The molecule has 0 fully saturated rings. The van der Waals surface area contributed by atoms with Gasteiger partial charge >= 0.3 is 6.18 Å². The number of amides is 1. The summed E-state index contributed by atoms with van der Waals surface area (Å²) in [7, 11) is 3.04. The van der Waals surface area contributed by atoms with Gasteiger partial charge in [-0.15, -0.1) is 0 Å². The smallest absolute Gasteiger partial charge is 0.399 e. The summed E-state index contributed by atoms with van der Waals surface area (Å²) in [6, 6.07) is 10.8. The van der Waals surface area contributed by atoms with Crippen molar-refractivity contribution in [3.8, 4) is 0 Å². The van der Waals surface area contributed by atoms with Crippen LogP contribution in [-0.2, 0) is 33.7 Å². The third kappa shape index (κ3) is 8.05. The zero-order valence-electron chi connectivity index (χ0n) is 18.8. The van der Waals surface area contributed by atoms with Crippen LogP contribution in [0.4, 0.5) is 13.2 Å². The second kappa shape index (κ2) is 13.1. The van der Waals surface area contributed by atoms with Gasteiger partial charge in [-0.1, -0.05) is 47.6 Å². The summed E-state index contributed by atoms with van der Waals surface area (Å²) in [5.41, 5.74) is 3.59. The minimum Gasteiger partial charge on any atom is -0.399 e. The monoisotopic (exact) mass is 451 g/mol. The minimum absolute atomic E-state index is 0.173. The zero-order chi connectivity index (χ0) is 24.1. The van der Waals surface area contributed by atoms with Gasteiger partial charge in [0.25, 0.3) is 0 Å². The van der Waals surface area contributed by atoms with Gasteiger partial charge in [-0.2, -0.15) is 13.2 Å². The number of oxime groups is 2. The molecule has 174 valence electrons. The lowest BCUT2D eigenvalue weighted by molar-refractivity contribution is -0.137. The lowest BCUT2D eigenvalue weighted by Crippen LogP contribution is -2.08. The first-order valence-electron chi connectivity index (χ1n) is 9.83. The molecule has 0 aromatic heterocycles. The number of carbonyl (C=O) groups excluding carboxylic acids is 1. The molecule has 0 heterocycles. The highest BCUT2D eigenvalue weighted by atomic mass is 19.4. The van der Waals surface area contributed by atoms with Crippen molar-refractivity contribution in [1.29, 1.82) is 0 Å². The predicted molar refractivity (Wildman–Crippen MR) is 119 cm³/mol. The van der Waals surface area contributed by atoms with Gasteiger partial charge < -0.3 is 15.0 Å². The van der Waals surface area contributed by atoms with E-state index in [1.165, 1.54) is 13.2 Å². The highest BCUT2D eigenvalue weighted by molar-refractivity contribution is 6.00. The van der Waals surface area contributed by atoms with Crippen LogP contribution < -0.4 is 5.32 Å². The molecule has 0 atom stereocenters. The fraction of sp³-hybridized carbons (Fsp3) is 0.348. The average Bonchev–Trinajstić information content (AvgIpc) is 2.78. The van der Waals surface area contributed by atoms with Crippen molar-refractivity contribution in [3.05, 3.63) is 70.3 Å². The van der Waals surface area contributed by atoms with Crippen molar-refractivity contribution in [2.24, 2.45) is 10.3 Å². The van der Waals surface area contributed by atoms with Crippen molar-refractivity contribution in [3.63, 3.8) is 0 Å². The van der Waals surface area contributed by atoms with Gasteiger partial charge in [-0.3, -0.25) is 4.79 Å². The maximum Gasteiger partial charge on any atom is 0.416 e. The number of alkyl halides is 3. The van der Waals surface area contributed by atoms with E-state index in [-0.39, 0.29) is 6.61 Å². The van der Waals surface area contributed by atoms with E-state index in [0.29, 0.717) is 23.4 Å². The van der Waals surface area contributed by atoms with E-state index in [1.54, 1.807) is 20.0 Å². The van der Waals surface area contributed by atoms with Crippen LogP contribution in [0.2, 0.25) is 0 Å². The molecule has 1 amide bonds. The molecule has 2 aromatic carbocycles. The van der Waals surface area contributed by atoms with Crippen molar-refractivity contribution in [2.45, 2.75) is 40.0 Å². The molecule has 0 saturated carbocycles. The molecule has 6 nitrogen and oxygen atoms in total. The number of hydrogen-bond donors (Lipinski definition) is 1. The summed E-state index contributed by atoms with van der Waals surface area (Å²) in [5, 5.41) is 10.2. The van der Waals surface area contributed by atoms with Gasteiger partial charge in [0, 0.05) is 18.2 Å². The number of carbonyl (C=O) groups is 1. The molecular weight excluding hydrogens is 423 g/mol. The quantitative estimate of drug-likeness (QED) is 0.351. The summed E-state index contributed by atoms with van der Waals surface area (Å²) >= 11 is 0. The van der Waals surface area contributed by atoms with Gasteiger partial charge in [0.05, 0.1) is 17.0 Å². The number of nitrogens with zero attached hydrogens (tertiary/aromatic N) is 2. The topological polar surface area (TPSA) is 72.3 Å². The van der Waals surface area contributed by atoms with Gasteiger partial charge in [0.1, 0.15) is 13.7 Å². The first-order chi connectivity index (χ1) is 15.2. The van der Waals surface area contributed by atoms with E-state index in [4.69, 9.17) is 14.5 Å². The number of hydrogen-bond acceptors (Lipinski definition) is 5. The summed E-state index contributed by atoms with van der Waals surface area (Å²) in [4.78, 5) is 19.4. The van der Waals surface area contributed by atoms with Crippen LogP contribution in [0.15, 0.2) is 52.8 Å². The van der Waals surface area contributed by atoms with Crippen LogP contribution in [0.25, 0.3) is 0 Å². The van der Waals surface area contributed by atoms with Gasteiger partial charge in [0.15, 0.2) is 0 Å². The molecule has 0 radical (unpaired) electrons. The number of benzene rings is 2. The van der Waals surface area contributed by atoms with Gasteiger partial charge in [-0.25, -0.2) is 0 Å². The summed E-state index contributed by atoms with van der Waals surface area (Å²) in [6.07, 6.45) is -2.98. The highest BCUT2D eigenvalue weighted by Gasteiger charge is 2.30. The van der Waals surface area contributed by atoms with Crippen LogP contribution in [-0.4, -0.2) is 32.0 Å². The maximum absolute atomic E-state index is 12.9.